The van der Waals surface area contributed by atoms with Crippen LogP contribution in [0.1, 0.15) is 19.4 Å². The highest BCUT2D eigenvalue weighted by Crippen LogP contribution is 2.28. The predicted molar refractivity (Wildman–Crippen MR) is 102 cm³/mol. The number of halogens is 1. The first-order valence-electron chi connectivity index (χ1n) is 8.68. The maximum atomic E-state index is 11.9. The number of carbonyl (C=O) groups is 1. The van der Waals surface area contributed by atoms with Crippen LogP contribution < -0.4 is 20.1 Å². The maximum Gasteiger partial charge on any atom is 0.225 e. The van der Waals surface area contributed by atoms with Crippen LogP contribution in [-0.4, -0.2) is 57.2 Å². The Morgan fingerprint density at radius 2 is 2.00 bits per heavy atom. The number of amides is 1. The summed E-state index contributed by atoms with van der Waals surface area (Å²) in [5.74, 6) is 1.65. The van der Waals surface area contributed by atoms with E-state index < -0.39 is 0 Å². The minimum Gasteiger partial charge on any atom is -0.493 e. The molecule has 1 aromatic carbocycles. The molecule has 1 heterocycles. The molecule has 2 rings (SSSR count). The Labute approximate surface area is 156 Å². The number of benzene rings is 1. The summed E-state index contributed by atoms with van der Waals surface area (Å²) in [6.45, 7) is 9.90. The number of hydrogen-bond donors (Lipinski definition) is 2. The highest BCUT2D eigenvalue weighted by atomic mass is 35.5. The van der Waals surface area contributed by atoms with Crippen molar-refractivity contribution in [3.8, 4) is 11.5 Å². The van der Waals surface area contributed by atoms with E-state index in [1.807, 2.05) is 18.2 Å². The molecule has 1 fully saturated rings. The van der Waals surface area contributed by atoms with Crippen LogP contribution >= 0.6 is 12.4 Å². The number of nitrogens with zero attached hydrogens (tertiary/aromatic N) is 1. The van der Waals surface area contributed by atoms with Gasteiger partial charge in [0.15, 0.2) is 11.5 Å². The Balaban J connectivity index is 0.00000312. The Morgan fingerprint density at radius 3 is 2.56 bits per heavy atom. The Hall–Kier alpha value is -1.50. The number of ether oxygens (including phenoxy) is 2. The first-order valence-corrected chi connectivity index (χ1v) is 8.68. The van der Waals surface area contributed by atoms with Gasteiger partial charge in [0.05, 0.1) is 13.0 Å². The molecule has 1 aromatic rings. The van der Waals surface area contributed by atoms with Crippen molar-refractivity contribution >= 4 is 18.3 Å². The van der Waals surface area contributed by atoms with Crippen molar-refractivity contribution in [3.05, 3.63) is 23.8 Å². The van der Waals surface area contributed by atoms with Gasteiger partial charge in [-0.05, 0) is 30.8 Å². The van der Waals surface area contributed by atoms with Crippen LogP contribution in [0.15, 0.2) is 18.2 Å². The van der Waals surface area contributed by atoms with Gasteiger partial charge in [-0.25, -0.2) is 0 Å². The number of methoxy groups -OCH3 is 1. The van der Waals surface area contributed by atoms with E-state index in [4.69, 9.17) is 9.47 Å². The molecule has 2 N–H and O–H groups in total. The van der Waals surface area contributed by atoms with Crippen molar-refractivity contribution in [2.45, 2.75) is 20.4 Å². The molecule has 6 nitrogen and oxygen atoms in total. The number of carbonyl (C=O) groups excluding carboxylic acids is 1. The fourth-order valence-corrected chi connectivity index (χ4v) is 2.57. The number of hydrogen-bond acceptors (Lipinski definition) is 5. The van der Waals surface area contributed by atoms with Gasteiger partial charge >= 0.3 is 0 Å². The van der Waals surface area contributed by atoms with Gasteiger partial charge in [-0.15, -0.1) is 12.4 Å². The normalized spacial score (nSPS) is 13.8. The summed E-state index contributed by atoms with van der Waals surface area (Å²) in [5.41, 5.74) is 1.00. The molecule has 1 aliphatic rings. The molecule has 0 saturated carbocycles. The molecule has 1 saturated heterocycles. The van der Waals surface area contributed by atoms with E-state index in [-0.39, 0.29) is 24.2 Å². The zero-order chi connectivity index (χ0) is 17.4. The predicted octanol–water partition coefficient (Wildman–Crippen LogP) is 1.67. The topological polar surface area (TPSA) is 62.8 Å². The van der Waals surface area contributed by atoms with Crippen LogP contribution in [0.25, 0.3) is 0 Å². The van der Waals surface area contributed by atoms with Gasteiger partial charge in [0.2, 0.25) is 5.91 Å². The van der Waals surface area contributed by atoms with Gasteiger partial charge in [0, 0.05) is 26.2 Å². The van der Waals surface area contributed by atoms with Crippen molar-refractivity contribution in [3.63, 3.8) is 0 Å². The summed E-state index contributed by atoms with van der Waals surface area (Å²) < 4.78 is 11.3. The van der Waals surface area contributed by atoms with Gasteiger partial charge in [-0.1, -0.05) is 19.9 Å². The first-order chi connectivity index (χ1) is 11.7. The fourth-order valence-electron chi connectivity index (χ4n) is 2.57. The zero-order valence-corrected chi connectivity index (χ0v) is 16.2. The molecule has 1 amide bonds. The van der Waals surface area contributed by atoms with E-state index in [1.54, 1.807) is 7.11 Å². The monoisotopic (exact) mass is 371 g/mol. The smallest absolute Gasteiger partial charge is 0.225 e. The van der Waals surface area contributed by atoms with Crippen LogP contribution in [0, 0.1) is 5.92 Å². The maximum absolute atomic E-state index is 11.9. The number of likely N-dealkylation sites (N-methyl/N-ethyl adjacent to an activating group) is 1. The summed E-state index contributed by atoms with van der Waals surface area (Å²) in [7, 11) is 1.63. The third-order valence-electron chi connectivity index (χ3n) is 4.41. The van der Waals surface area contributed by atoms with Crippen LogP contribution in [0.4, 0.5) is 0 Å². The van der Waals surface area contributed by atoms with Crippen molar-refractivity contribution in [2.24, 2.45) is 5.92 Å². The molecule has 0 aliphatic carbocycles. The standard InChI is InChI=1S/C18H29N3O3.ClH/c1-4-21(5-2)8-9-24-16-7-6-14(10-17(16)23-3)11-20-18(22)15-12-19-13-15;/h6-7,10,15,19H,4-5,8-9,11-13H2,1-3H3,(H,20,22);1H. The summed E-state index contributed by atoms with van der Waals surface area (Å²) in [6.07, 6.45) is 0. The molecule has 1 aliphatic heterocycles. The molecule has 0 bridgehead atoms. The number of nitrogens with one attached hydrogen (secondary N) is 2. The summed E-state index contributed by atoms with van der Waals surface area (Å²) in [4.78, 5) is 14.2. The molecule has 0 atom stereocenters. The Bertz CT molecular complexity index is 534. The Morgan fingerprint density at radius 1 is 1.28 bits per heavy atom. The lowest BCUT2D eigenvalue weighted by molar-refractivity contribution is -0.126. The van der Waals surface area contributed by atoms with Crippen LogP contribution in [0.3, 0.4) is 0 Å². The number of rotatable bonds is 10. The van der Waals surface area contributed by atoms with E-state index in [2.05, 4.69) is 29.4 Å². The largest absolute Gasteiger partial charge is 0.493 e. The second-order valence-corrected chi connectivity index (χ2v) is 5.93. The van der Waals surface area contributed by atoms with E-state index in [1.165, 1.54) is 0 Å². The minimum absolute atomic E-state index is 0. The van der Waals surface area contributed by atoms with Gasteiger partial charge in [0.25, 0.3) is 0 Å². The minimum atomic E-state index is 0. The van der Waals surface area contributed by atoms with Crippen molar-refractivity contribution < 1.29 is 14.3 Å². The molecular weight excluding hydrogens is 342 g/mol. The quantitative estimate of drug-likeness (QED) is 0.655. The van der Waals surface area contributed by atoms with Crippen LogP contribution in [-0.2, 0) is 11.3 Å². The average molecular weight is 372 g/mol. The van der Waals surface area contributed by atoms with Gasteiger partial charge in [0.1, 0.15) is 6.61 Å². The SMILES string of the molecule is CCN(CC)CCOc1ccc(CNC(=O)C2CNC2)cc1OC.Cl. The lowest BCUT2D eigenvalue weighted by Crippen LogP contribution is -2.50. The highest BCUT2D eigenvalue weighted by Gasteiger charge is 2.24. The third-order valence-corrected chi connectivity index (χ3v) is 4.41. The third kappa shape index (κ3) is 6.38. The van der Waals surface area contributed by atoms with Gasteiger partial charge in [-0.2, -0.15) is 0 Å². The average Bonchev–Trinajstić information content (AvgIpc) is 2.56. The lowest BCUT2D eigenvalue weighted by atomic mass is 10.0. The van der Waals surface area contributed by atoms with Crippen LogP contribution in [0.2, 0.25) is 0 Å². The molecule has 0 aromatic heterocycles. The Kier molecular flexibility index (Phi) is 9.63. The van der Waals surface area contributed by atoms with Crippen LogP contribution in [0.5, 0.6) is 11.5 Å². The second-order valence-electron chi connectivity index (χ2n) is 5.93. The lowest BCUT2D eigenvalue weighted by Gasteiger charge is -2.25. The van der Waals surface area contributed by atoms with E-state index in [0.29, 0.717) is 18.9 Å². The molecular formula is C18H30ClN3O3. The van der Waals surface area contributed by atoms with E-state index >= 15 is 0 Å². The van der Waals surface area contributed by atoms with Gasteiger partial charge < -0.3 is 25.0 Å². The molecule has 0 unspecified atom stereocenters. The first kappa shape index (κ1) is 21.5. The fraction of sp³-hybridized carbons (Fsp3) is 0.611. The van der Waals surface area contributed by atoms with Crippen molar-refractivity contribution in [1.82, 2.24) is 15.5 Å². The molecule has 25 heavy (non-hydrogen) atoms. The van der Waals surface area contributed by atoms with Crippen molar-refractivity contribution in [1.29, 1.82) is 0 Å². The molecule has 0 spiro atoms. The van der Waals surface area contributed by atoms with Crippen molar-refractivity contribution in [2.75, 3.05) is 46.4 Å². The molecule has 7 heteroatoms. The summed E-state index contributed by atoms with van der Waals surface area (Å²) in [5, 5.41) is 6.06. The highest BCUT2D eigenvalue weighted by molar-refractivity contribution is 5.85. The second kappa shape index (κ2) is 11.2. The summed E-state index contributed by atoms with van der Waals surface area (Å²) >= 11 is 0. The molecule has 142 valence electrons. The van der Waals surface area contributed by atoms with E-state index in [9.17, 15) is 4.79 Å². The van der Waals surface area contributed by atoms with Gasteiger partial charge in [-0.3, -0.25) is 4.79 Å². The summed E-state index contributed by atoms with van der Waals surface area (Å²) in [6, 6.07) is 5.80. The zero-order valence-electron chi connectivity index (χ0n) is 15.3. The van der Waals surface area contributed by atoms with E-state index in [0.717, 1.165) is 44.0 Å². The molecule has 0 radical (unpaired) electrons.